The molecule has 2 aliphatic heterocycles. The zero-order valence-corrected chi connectivity index (χ0v) is 15.6. The van der Waals surface area contributed by atoms with Gasteiger partial charge in [0, 0.05) is 49.8 Å². The minimum Gasteiger partial charge on any atom is -0.384 e. The highest BCUT2D eigenvalue weighted by Gasteiger charge is 2.52. The molecule has 0 radical (unpaired) electrons. The highest BCUT2D eigenvalue weighted by molar-refractivity contribution is 5.89. The standard InChI is InChI=1S/C21H23F2N3O2/c1-13-2-4-14(5-3-13)21(28)15-9-24-10-16(21)12-26(11-15)20(27)25-19-7-17(22)6-18(23)8-19/h2-8,15-16,24,28H,9-12H2,1H3,(H,25,27). The van der Waals surface area contributed by atoms with Gasteiger partial charge in [-0.3, -0.25) is 0 Å². The van der Waals surface area contributed by atoms with Crippen molar-refractivity contribution < 1.29 is 18.7 Å². The molecule has 2 amide bonds. The summed E-state index contributed by atoms with van der Waals surface area (Å²) in [4.78, 5) is 14.3. The van der Waals surface area contributed by atoms with Crippen LogP contribution in [0.5, 0.6) is 0 Å². The Morgan fingerprint density at radius 2 is 1.68 bits per heavy atom. The van der Waals surface area contributed by atoms with Gasteiger partial charge in [0.2, 0.25) is 0 Å². The molecule has 28 heavy (non-hydrogen) atoms. The Kier molecular flexibility index (Phi) is 4.81. The van der Waals surface area contributed by atoms with Crippen LogP contribution in [0.15, 0.2) is 42.5 Å². The molecule has 2 heterocycles. The van der Waals surface area contributed by atoms with Crippen LogP contribution in [0.25, 0.3) is 0 Å². The molecule has 5 nitrogen and oxygen atoms in total. The van der Waals surface area contributed by atoms with Gasteiger partial charge in [0.25, 0.3) is 0 Å². The smallest absolute Gasteiger partial charge is 0.321 e. The van der Waals surface area contributed by atoms with Gasteiger partial charge in [-0.1, -0.05) is 29.8 Å². The maximum atomic E-state index is 13.4. The monoisotopic (exact) mass is 387 g/mol. The van der Waals surface area contributed by atoms with Crippen LogP contribution >= 0.6 is 0 Å². The highest BCUT2D eigenvalue weighted by atomic mass is 19.1. The fourth-order valence-electron chi connectivity index (χ4n) is 4.38. The number of aryl methyl sites for hydroxylation is 1. The zero-order chi connectivity index (χ0) is 19.9. The van der Waals surface area contributed by atoms with E-state index in [9.17, 15) is 18.7 Å². The first-order valence-corrected chi connectivity index (χ1v) is 9.38. The summed E-state index contributed by atoms with van der Waals surface area (Å²) in [6.45, 7) is 3.85. The minimum atomic E-state index is -1.01. The molecule has 2 aliphatic rings. The Morgan fingerprint density at radius 1 is 1.11 bits per heavy atom. The number of benzene rings is 2. The third kappa shape index (κ3) is 3.36. The van der Waals surface area contributed by atoms with Crippen molar-refractivity contribution in [2.45, 2.75) is 12.5 Å². The number of fused-ring (bicyclic) bond motifs is 2. The van der Waals surface area contributed by atoms with E-state index in [2.05, 4.69) is 10.6 Å². The quantitative estimate of drug-likeness (QED) is 0.743. The van der Waals surface area contributed by atoms with E-state index in [0.717, 1.165) is 29.3 Å². The van der Waals surface area contributed by atoms with Crippen LogP contribution in [-0.4, -0.2) is 42.2 Å². The van der Waals surface area contributed by atoms with Crippen LogP contribution in [0.3, 0.4) is 0 Å². The van der Waals surface area contributed by atoms with Crippen molar-refractivity contribution in [3.63, 3.8) is 0 Å². The lowest BCUT2D eigenvalue weighted by molar-refractivity contribution is -0.129. The lowest BCUT2D eigenvalue weighted by Gasteiger charge is -2.53. The molecule has 2 saturated heterocycles. The Bertz CT molecular complexity index is 853. The van der Waals surface area contributed by atoms with Crippen molar-refractivity contribution in [1.29, 1.82) is 0 Å². The van der Waals surface area contributed by atoms with E-state index >= 15 is 0 Å². The third-order valence-corrected chi connectivity index (χ3v) is 5.82. The van der Waals surface area contributed by atoms with Gasteiger partial charge in [-0.25, -0.2) is 13.6 Å². The Balaban J connectivity index is 1.54. The average molecular weight is 387 g/mol. The predicted octanol–water partition coefficient (Wildman–Crippen LogP) is 2.84. The molecule has 4 rings (SSSR count). The first-order chi connectivity index (χ1) is 13.4. The number of nitrogens with one attached hydrogen (secondary N) is 2. The number of halogens is 2. The Hall–Kier alpha value is -2.51. The van der Waals surface area contributed by atoms with Gasteiger partial charge in [-0.15, -0.1) is 0 Å². The number of amides is 2. The van der Waals surface area contributed by atoms with Gasteiger partial charge >= 0.3 is 6.03 Å². The van der Waals surface area contributed by atoms with Crippen LogP contribution in [0.4, 0.5) is 19.3 Å². The summed E-state index contributed by atoms with van der Waals surface area (Å²) >= 11 is 0. The van der Waals surface area contributed by atoms with E-state index < -0.39 is 23.3 Å². The summed E-state index contributed by atoms with van der Waals surface area (Å²) in [5, 5.41) is 17.5. The third-order valence-electron chi connectivity index (χ3n) is 5.82. The molecule has 2 fully saturated rings. The number of carbonyl (C=O) groups is 1. The van der Waals surface area contributed by atoms with Crippen LogP contribution in [0, 0.1) is 30.4 Å². The predicted molar refractivity (Wildman–Crippen MR) is 102 cm³/mol. The van der Waals surface area contributed by atoms with Gasteiger partial charge in [0.05, 0.1) is 0 Å². The number of likely N-dealkylation sites (tertiary alicyclic amines) is 1. The second-order valence-corrected chi connectivity index (χ2v) is 7.74. The largest absolute Gasteiger partial charge is 0.384 e. The molecule has 148 valence electrons. The molecule has 2 aromatic carbocycles. The van der Waals surface area contributed by atoms with E-state index in [-0.39, 0.29) is 17.5 Å². The van der Waals surface area contributed by atoms with Crippen molar-refractivity contribution in [3.8, 4) is 0 Å². The lowest BCUT2D eigenvalue weighted by atomic mass is 9.67. The van der Waals surface area contributed by atoms with Crippen molar-refractivity contribution in [3.05, 3.63) is 65.2 Å². The van der Waals surface area contributed by atoms with E-state index in [1.54, 1.807) is 4.90 Å². The van der Waals surface area contributed by atoms with Crippen LogP contribution in [-0.2, 0) is 5.60 Å². The highest BCUT2D eigenvalue weighted by Crippen LogP contribution is 2.43. The number of aliphatic hydroxyl groups is 1. The second-order valence-electron chi connectivity index (χ2n) is 7.74. The number of hydrogen-bond acceptors (Lipinski definition) is 3. The van der Waals surface area contributed by atoms with Crippen molar-refractivity contribution >= 4 is 11.7 Å². The summed E-state index contributed by atoms with van der Waals surface area (Å²) < 4.78 is 26.8. The molecule has 2 aromatic rings. The van der Waals surface area contributed by atoms with E-state index in [1.807, 2.05) is 31.2 Å². The van der Waals surface area contributed by atoms with Gasteiger partial charge in [0.15, 0.2) is 0 Å². The molecule has 0 aromatic heterocycles. The maximum Gasteiger partial charge on any atom is 0.321 e. The lowest BCUT2D eigenvalue weighted by Crippen LogP contribution is -2.65. The molecule has 2 unspecified atom stereocenters. The summed E-state index contributed by atoms with van der Waals surface area (Å²) in [5.41, 5.74) is 1.04. The summed E-state index contributed by atoms with van der Waals surface area (Å²) in [6.07, 6.45) is 0. The first-order valence-electron chi connectivity index (χ1n) is 9.38. The van der Waals surface area contributed by atoms with E-state index in [0.29, 0.717) is 26.2 Å². The van der Waals surface area contributed by atoms with Crippen molar-refractivity contribution in [1.82, 2.24) is 10.2 Å². The average Bonchev–Trinajstić information content (AvgIpc) is 2.60. The SMILES string of the molecule is Cc1ccc(C2(O)C3CNCC2CN(C(=O)Nc2cc(F)cc(F)c2)C3)cc1. The molecular formula is C21H23F2N3O2. The van der Waals surface area contributed by atoms with Crippen LogP contribution in [0.2, 0.25) is 0 Å². The molecule has 0 saturated carbocycles. The summed E-state index contributed by atoms with van der Waals surface area (Å²) in [7, 11) is 0. The van der Waals surface area contributed by atoms with Crippen molar-refractivity contribution in [2.75, 3.05) is 31.5 Å². The minimum absolute atomic E-state index is 0.0742. The fourth-order valence-corrected chi connectivity index (χ4v) is 4.38. The molecule has 2 bridgehead atoms. The fraction of sp³-hybridized carbons (Fsp3) is 0.381. The Morgan fingerprint density at radius 3 is 2.25 bits per heavy atom. The van der Waals surface area contributed by atoms with Gasteiger partial charge in [-0.2, -0.15) is 0 Å². The number of piperidine rings is 2. The van der Waals surface area contributed by atoms with Gasteiger partial charge in [-0.05, 0) is 24.6 Å². The van der Waals surface area contributed by atoms with Crippen LogP contribution in [0.1, 0.15) is 11.1 Å². The molecule has 7 heteroatoms. The molecule has 0 aliphatic carbocycles. The molecular weight excluding hydrogens is 364 g/mol. The zero-order valence-electron chi connectivity index (χ0n) is 15.6. The molecule has 2 atom stereocenters. The number of rotatable bonds is 2. The van der Waals surface area contributed by atoms with Gasteiger partial charge in [0.1, 0.15) is 17.2 Å². The number of carbonyl (C=O) groups excluding carboxylic acids is 1. The van der Waals surface area contributed by atoms with E-state index in [1.165, 1.54) is 0 Å². The number of anilines is 1. The normalized spacial score (nSPS) is 26.8. The maximum absolute atomic E-state index is 13.4. The van der Waals surface area contributed by atoms with Crippen LogP contribution < -0.4 is 10.6 Å². The molecule has 3 N–H and O–H groups in total. The second kappa shape index (κ2) is 7.14. The van der Waals surface area contributed by atoms with Crippen molar-refractivity contribution in [2.24, 2.45) is 11.8 Å². The first kappa shape index (κ1) is 18.8. The topological polar surface area (TPSA) is 64.6 Å². The summed E-state index contributed by atoms with van der Waals surface area (Å²) in [6, 6.07) is 10.4. The number of nitrogens with zero attached hydrogens (tertiary/aromatic N) is 1. The Labute approximate surface area is 162 Å². The van der Waals surface area contributed by atoms with E-state index in [4.69, 9.17) is 0 Å². The number of urea groups is 1. The van der Waals surface area contributed by atoms with Gasteiger partial charge < -0.3 is 20.6 Å². The summed E-state index contributed by atoms with van der Waals surface area (Å²) in [5.74, 6) is -1.86. The number of hydrogen-bond donors (Lipinski definition) is 3. The molecule has 0 spiro atoms.